The number of benzene rings is 1. The van der Waals surface area contributed by atoms with E-state index in [1.165, 1.54) is 17.0 Å². The van der Waals surface area contributed by atoms with Crippen LogP contribution in [0.3, 0.4) is 0 Å². The number of aldehydes is 1. The fourth-order valence-electron chi connectivity index (χ4n) is 1.44. The highest BCUT2D eigenvalue weighted by Crippen LogP contribution is 2.31. The Balaban J connectivity index is 2.58. The second-order valence-corrected chi connectivity index (χ2v) is 5.01. The third kappa shape index (κ3) is 4.73. The predicted octanol–water partition coefficient (Wildman–Crippen LogP) is 3.05. The third-order valence-corrected chi connectivity index (χ3v) is 2.94. The first-order valence-electron chi connectivity index (χ1n) is 5.73. The van der Waals surface area contributed by atoms with Crippen molar-refractivity contribution >= 4 is 35.4 Å². The van der Waals surface area contributed by atoms with Crippen LogP contribution in [0.25, 0.3) is 0 Å². The molecule has 0 aromatic heterocycles. The maximum atomic E-state index is 11.4. The number of rotatable bonds is 6. The largest absolute Gasteiger partial charge is 0.491 e. The molecule has 1 aromatic carbocycles. The highest BCUT2D eigenvalue weighted by molar-refractivity contribution is 6.36. The van der Waals surface area contributed by atoms with Gasteiger partial charge in [-0.05, 0) is 18.6 Å². The SMILES string of the molecule is CN(C)C(=O)CCCOc1c(Cl)cc(Cl)cc1C=O. The smallest absolute Gasteiger partial charge is 0.222 e. The number of ether oxygens (including phenoxy) is 1. The highest BCUT2D eigenvalue weighted by atomic mass is 35.5. The molecule has 0 aliphatic heterocycles. The molecule has 0 bridgehead atoms. The first kappa shape index (κ1) is 15.8. The Hall–Kier alpha value is -1.26. The molecule has 1 aromatic rings. The van der Waals surface area contributed by atoms with Gasteiger partial charge in [-0.25, -0.2) is 0 Å². The minimum Gasteiger partial charge on any atom is -0.491 e. The Morgan fingerprint density at radius 1 is 1.37 bits per heavy atom. The molecule has 0 saturated heterocycles. The van der Waals surface area contributed by atoms with Crippen LogP contribution in [0.4, 0.5) is 0 Å². The standard InChI is InChI=1S/C13H15Cl2NO3/c1-16(2)12(18)4-3-5-19-13-9(8-17)6-10(14)7-11(13)15/h6-8H,3-5H2,1-2H3. The number of halogens is 2. The predicted molar refractivity (Wildman–Crippen MR) is 75.3 cm³/mol. The van der Waals surface area contributed by atoms with Gasteiger partial charge in [-0.3, -0.25) is 9.59 Å². The van der Waals surface area contributed by atoms with Crippen molar-refractivity contribution < 1.29 is 14.3 Å². The maximum Gasteiger partial charge on any atom is 0.222 e. The summed E-state index contributed by atoms with van der Waals surface area (Å²) < 4.78 is 5.45. The lowest BCUT2D eigenvalue weighted by Crippen LogP contribution is -2.21. The van der Waals surface area contributed by atoms with Gasteiger partial charge in [-0.1, -0.05) is 23.2 Å². The lowest BCUT2D eigenvalue weighted by molar-refractivity contribution is -0.128. The van der Waals surface area contributed by atoms with Crippen molar-refractivity contribution in [3.05, 3.63) is 27.7 Å². The van der Waals surface area contributed by atoms with Crippen molar-refractivity contribution in [1.82, 2.24) is 4.90 Å². The van der Waals surface area contributed by atoms with E-state index in [1.54, 1.807) is 14.1 Å². The molecule has 0 aliphatic carbocycles. The monoisotopic (exact) mass is 303 g/mol. The Morgan fingerprint density at radius 3 is 2.63 bits per heavy atom. The lowest BCUT2D eigenvalue weighted by Gasteiger charge is -2.12. The van der Waals surface area contributed by atoms with Crippen molar-refractivity contribution in [3.63, 3.8) is 0 Å². The molecule has 0 fully saturated rings. The first-order valence-corrected chi connectivity index (χ1v) is 6.48. The first-order chi connectivity index (χ1) is 8.95. The molecule has 19 heavy (non-hydrogen) atoms. The summed E-state index contributed by atoms with van der Waals surface area (Å²) in [4.78, 5) is 23.8. The molecule has 0 atom stereocenters. The van der Waals surface area contributed by atoms with Gasteiger partial charge < -0.3 is 9.64 Å². The summed E-state index contributed by atoms with van der Waals surface area (Å²) in [6.07, 6.45) is 1.57. The summed E-state index contributed by atoms with van der Waals surface area (Å²) in [7, 11) is 3.40. The van der Waals surface area contributed by atoms with Crippen LogP contribution in [0.5, 0.6) is 5.75 Å². The summed E-state index contributed by atoms with van der Waals surface area (Å²) in [6, 6.07) is 3.00. The second kappa shape index (κ2) is 7.36. The van der Waals surface area contributed by atoms with Crippen LogP contribution in [-0.4, -0.2) is 37.8 Å². The second-order valence-electron chi connectivity index (χ2n) is 4.16. The molecule has 0 radical (unpaired) electrons. The zero-order valence-electron chi connectivity index (χ0n) is 10.8. The fourth-order valence-corrected chi connectivity index (χ4v) is 2.01. The molecule has 0 N–H and O–H groups in total. The van der Waals surface area contributed by atoms with E-state index in [-0.39, 0.29) is 10.9 Å². The quantitative estimate of drug-likeness (QED) is 0.599. The molecule has 0 saturated carbocycles. The van der Waals surface area contributed by atoms with Gasteiger partial charge in [0.2, 0.25) is 5.91 Å². The number of hydrogen-bond donors (Lipinski definition) is 0. The van der Waals surface area contributed by atoms with Gasteiger partial charge in [0.15, 0.2) is 6.29 Å². The molecule has 1 amide bonds. The van der Waals surface area contributed by atoms with Crippen molar-refractivity contribution in [2.75, 3.05) is 20.7 Å². The molecule has 0 spiro atoms. The molecule has 1 rings (SSSR count). The number of carbonyl (C=O) groups excluding carboxylic acids is 2. The Bertz CT molecular complexity index is 475. The van der Waals surface area contributed by atoms with E-state index in [2.05, 4.69) is 0 Å². The van der Waals surface area contributed by atoms with Gasteiger partial charge >= 0.3 is 0 Å². The summed E-state index contributed by atoms with van der Waals surface area (Å²) in [5.41, 5.74) is 0.302. The van der Waals surface area contributed by atoms with E-state index in [4.69, 9.17) is 27.9 Å². The van der Waals surface area contributed by atoms with Gasteiger partial charge in [0.05, 0.1) is 17.2 Å². The average molecular weight is 304 g/mol. The van der Waals surface area contributed by atoms with E-state index in [1.807, 2.05) is 0 Å². The van der Waals surface area contributed by atoms with Gasteiger partial charge in [0.25, 0.3) is 0 Å². The lowest BCUT2D eigenvalue weighted by atomic mass is 10.2. The van der Waals surface area contributed by atoms with Gasteiger partial charge in [0.1, 0.15) is 5.75 Å². The molecular weight excluding hydrogens is 289 g/mol. The van der Waals surface area contributed by atoms with Gasteiger partial charge in [-0.15, -0.1) is 0 Å². The molecule has 0 heterocycles. The molecule has 0 unspecified atom stereocenters. The maximum absolute atomic E-state index is 11.4. The van der Waals surface area contributed by atoms with Crippen LogP contribution >= 0.6 is 23.2 Å². The van der Waals surface area contributed by atoms with Gasteiger partial charge in [0, 0.05) is 25.5 Å². The number of nitrogens with zero attached hydrogens (tertiary/aromatic N) is 1. The number of carbonyl (C=O) groups is 2. The minimum atomic E-state index is 0.0291. The van der Waals surface area contributed by atoms with E-state index < -0.39 is 0 Å². The molecule has 104 valence electrons. The van der Waals surface area contributed by atoms with Crippen molar-refractivity contribution in [3.8, 4) is 5.75 Å². The summed E-state index contributed by atoms with van der Waals surface area (Å²) in [5.74, 6) is 0.333. The fraction of sp³-hybridized carbons (Fsp3) is 0.385. The summed E-state index contributed by atoms with van der Waals surface area (Å²) in [6.45, 7) is 0.307. The number of amides is 1. The van der Waals surface area contributed by atoms with Crippen LogP contribution in [0.2, 0.25) is 10.0 Å². The van der Waals surface area contributed by atoms with Gasteiger partial charge in [-0.2, -0.15) is 0 Å². The van der Waals surface area contributed by atoms with Crippen LogP contribution in [0.1, 0.15) is 23.2 Å². The molecule has 4 nitrogen and oxygen atoms in total. The molecular formula is C13H15Cl2NO3. The van der Waals surface area contributed by atoms with Crippen LogP contribution in [0, 0.1) is 0 Å². The Morgan fingerprint density at radius 2 is 2.05 bits per heavy atom. The van der Waals surface area contributed by atoms with E-state index in [9.17, 15) is 9.59 Å². The molecule has 0 aliphatic rings. The van der Waals surface area contributed by atoms with Crippen molar-refractivity contribution in [1.29, 1.82) is 0 Å². The summed E-state index contributed by atoms with van der Waals surface area (Å²) >= 11 is 11.8. The summed E-state index contributed by atoms with van der Waals surface area (Å²) in [5, 5.41) is 0.663. The zero-order valence-corrected chi connectivity index (χ0v) is 12.3. The van der Waals surface area contributed by atoms with Crippen molar-refractivity contribution in [2.45, 2.75) is 12.8 Å². The minimum absolute atomic E-state index is 0.0291. The van der Waals surface area contributed by atoms with Crippen LogP contribution < -0.4 is 4.74 Å². The number of hydrogen-bond acceptors (Lipinski definition) is 3. The zero-order chi connectivity index (χ0) is 14.4. The third-order valence-electron chi connectivity index (χ3n) is 2.44. The van der Waals surface area contributed by atoms with E-state index in [0.717, 1.165) is 0 Å². The van der Waals surface area contributed by atoms with Crippen LogP contribution in [-0.2, 0) is 4.79 Å². The Kier molecular flexibility index (Phi) is 6.12. The van der Waals surface area contributed by atoms with Crippen LogP contribution in [0.15, 0.2) is 12.1 Å². The Labute approximate surface area is 122 Å². The van der Waals surface area contributed by atoms with E-state index in [0.29, 0.717) is 42.1 Å². The molecule has 6 heteroatoms. The van der Waals surface area contributed by atoms with Crippen molar-refractivity contribution in [2.24, 2.45) is 0 Å². The highest BCUT2D eigenvalue weighted by Gasteiger charge is 2.11. The topological polar surface area (TPSA) is 46.6 Å². The average Bonchev–Trinajstić information content (AvgIpc) is 2.35. The van der Waals surface area contributed by atoms with E-state index >= 15 is 0 Å². The normalized spacial score (nSPS) is 10.1.